The van der Waals surface area contributed by atoms with Crippen LogP contribution in [0.1, 0.15) is 62.6 Å². The number of para-hydroxylation sites is 3. The Morgan fingerprint density at radius 2 is 0.761 bits per heavy atom. The van der Waals surface area contributed by atoms with Crippen molar-refractivity contribution in [1.29, 1.82) is 0 Å². The van der Waals surface area contributed by atoms with Gasteiger partial charge in [0.05, 0.1) is 0 Å². The van der Waals surface area contributed by atoms with E-state index in [-0.39, 0.29) is 5.92 Å². The van der Waals surface area contributed by atoms with Gasteiger partial charge >= 0.3 is 0 Å². The molecule has 3 aromatic carbocycles. The number of allylic oxidation sites excluding steroid dienone is 3. The highest BCUT2D eigenvalue weighted by atomic mass is 16.5. The van der Waals surface area contributed by atoms with E-state index in [1.165, 1.54) is 0 Å². The maximum absolute atomic E-state index is 6.59. The Labute approximate surface area is 272 Å². The van der Waals surface area contributed by atoms with Crippen molar-refractivity contribution in [3.63, 3.8) is 0 Å². The molecule has 6 rings (SSSR count). The second kappa shape index (κ2) is 12.6. The molecule has 3 aromatic rings. The topological polar surface area (TPSA) is 106 Å². The lowest BCUT2D eigenvalue weighted by molar-refractivity contribution is 0.411. The fourth-order valence-corrected chi connectivity index (χ4v) is 5.73. The Morgan fingerprint density at radius 1 is 0.478 bits per heavy atom. The van der Waals surface area contributed by atoms with Crippen LogP contribution in [-0.2, 0) is 0 Å². The first-order valence-corrected chi connectivity index (χ1v) is 15.8. The lowest BCUT2D eigenvalue weighted by Crippen LogP contribution is -2.34. The van der Waals surface area contributed by atoms with Gasteiger partial charge in [-0.15, -0.1) is 0 Å². The van der Waals surface area contributed by atoms with E-state index >= 15 is 0 Å². The summed E-state index contributed by atoms with van der Waals surface area (Å²) in [4.78, 5) is 0. The normalized spacial score (nSPS) is 26.1. The molecule has 0 spiro atoms. The SMILES string of the molecule is CC1(N)C=CC(Oc2ccccc2C(c2ccccc2OC2=CCC(C)(N)C=C2)c2ccccc2OC2=CCC(C)(N)C=C2)=CC1. The van der Waals surface area contributed by atoms with Crippen molar-refractivity contribution < 1.29 is 14.2 Å². The van der Waals surface area contributed by atoms with Gasteiger partial charge < -0.3 is 31.4 Å². The average molecular weight is 614 g/mol. The zero-order chi connectivity index (χ0) is 32.4. The van der Waals surface area contributed by atoms with Gasteiger partial charge in [-0.25, -0.2) is 0 Å². The van der Waals surface area contributed by atoms with Crippen LogP contribution in [0.2, 0.25) is 0 Å². The van der Waals surface area contributed by atoms with Crippen molar-refractivity contribution in [2.75, 3.05) is 0 Å². The summed E-state index contributed by atoms with van der Waals surface area (Å²) in [5, 5.41) is 0. The van der Waals surface area contributed by atoms with E-state index in [1.54, 1.807) is 0 Å². The van der Waals surface area contributed by atoms with Crippen molar-refractivity contribution >= 4 is 0 Å². The average Bonchev–Trinajstić information content (AvgIpc) is 3.03. The standard InChI is InChI=1S/C40H43N3O3/c1-38(41)22-16-28(17-23-38)44-34-13-7-4-10-31(34)37(32-11-5-8-14-35(32)45-29-18-24-39(2,42)25-19-29)33-12-6-9-15-36(33)46-30-20-26-40(3,43)27-21-30/h4-22,24,26,37H,23,25,27,41-43H2,1-3H3. The maximum atomic E-state index is 6.59. The van der Waals surface area contributed by atoms with Crippen LogP contribution in [0.15, 0.2) is 145 Å². The van der Waals surface area contributed by atoms with Crippen molar-refractivity contribution in [2.45, 2.75) is 62.6 Å². The number of ether oxygens (including phenoxy) is 3. The Bertz CT molecular complexity index is 1580. The quantitative estimate of drug-likeness (QED) is 0.214. The monoisotopic (exact) mass is 613 g/mol. The van der Waals surface area contributed by atoms with Gasteiger partial charge in [0.15, 0.2) is 0 Å². The van der Waals surface area contributed by atoms with Crippen LogP contribution in [0.5, 0.6) is 17.2 Å². The molecule has 3 atom stereocenters. The summed E-state index contributed by atoms with van der Waals surface area (Å²) in [6, 6.07) is 24.4. The lowest BCUT2D eigenvalue weighted by atomic mass is 9.83. The van der Waals surface area contributed by atoms with E-state index in [4.69, 9.17) is 31.4 Å². The Balaban J connectivity index is 1.45. The van der Waals surface area contributed by atoms with Gasteiger partial charge in [0.25, 0.3) is 0 Å². The summed E-state index contributed by atoms with van der Waals surface area (Å²) in [5.41, 5.74) is 20.7. The number of rotatable bonds is 9. The molecule has 0 fully saturated rings. The zero-order valence-electron chi connectivity index (χ0n) is 26.8. The summed E-state index contributed by atoms with van der Waals surface area (Å²) in [5.74, 6) is 4.17. The molecule has 3 aliphatic rings. The summed E-state index contributed by atoms with van der Waals surface area (Å²) in [6.45, 7) is 6.01. The second-order valence-electron chi connectivity index (χ2n) is 13.3. The number of benzene rings is 3. The predicted molar refractivity (Wildman–Crippen MR) is 185 cm³/mol. The third-order valence-electron chi connectivity index (χ3n) is 8.49. The largest absolute Gasteiger partial charge is 0.457 e. The first-order chi connectivity index (χ1) is 22.0. The molecule has 3 aliphatic carbocycles. The van der Waals surface area contributed by atoms with Crippen molar-refractivity contribution in [2.24, 2.45) is 17.2 Å². The van der Waals surface area contributed by atoms with Crippen LogP contribution >= 0.6 is 0 Å². The van der Waals surface area contributed by atoms with Gasteiger partial charge in [-0.3, -0.25) is 0 Å². The van der Waals surface area contributed by atoms with E-state index in [1.807, 2.05) is 130 Å². The molecule has 0 heterocycles. The minimum atomic E-state index is -0.394. The molecular formula is C40H43N3O3. The van der Waals surface area contributed by atoms with Crippen LogP contribution in [0.25, 0.3) is 0 Å². The summed E-state index contributed by atoms with van der Waals surface area (Å²) in [6.07, 6.45) is 20.0. The molecule has 46 heavy (non-hydrogen) atoms. The van der Waals surface area contributed by atoms with Gasteiger partial charge in [-0.2, -0.15) is 0 Å². The van der Waals surface area contributed by atoms with Gasteiger partial charge in [0.1, 0.15) is 34.5 Å². The molecule has 0 aliphatic heterocycles. The summed E-state index contributed by atoms with van der Waals surface area (Å²) in [7, 11) is 0. The Kier molecular flexibility index (Phi) is 8.62. The molecule has 3 unspecified atom stereocenters. The van der Waals surface area contributed by atoms with E-state index in [0.717, 1.165) is 51.2 Å². The molecule has 6 N–H and O–H groups in total. The Morgan fingerprint density at radius 3 is 1.02 bits per heavy atom. The number of nitrogens with two attached hydrogens (primary N) is 3. The molecule has 0 radical (unpaired) electrons. The molecule has 0 bridgehead atoms. The van der Waals surface area contributed by atoms with Crippen LogP contribution in [0.3, 0.4) is 0 Å². The van der Waals surface area contributed by atoms with Gasteiger partial charge in [0.2, 0.25) is 0 Å². The zero-order valence-corrected chi connectivity index (χ0v) is 26.8. The minimum absolute atomic E-state index is 0.308. The highest BCUT2D eigenvalue weighted by Crippen LogP contribution is 2.45. The van der Waals surface area contributed by atoms with Crippen LogP contribution in [-0.4, -0.2) is 16.6 Å². The molecular weight excluding hydrogens is 570 g/mol. The molecule has 0 saturated carbocycles. The fourth-order valence-electron chi connectivity index (χ4n) is 5.73. The number of hydrogen-bond donors (Lipinski definition) is 3. The van der Waals surface area contributed by atoms with E-state index in [2.05, 4.69) is 18.2 Å². The van der Waals surface area contributed by atoms with Crippen LogP contribution < -0.4 is 31.4 Å². The lowest BCUT2D eigenvalue weighted by Gasteiger charge is -2.28. The number of hydrogen-bond acceptors (Lipinski definition) is 6. The molecule has 0 aromatic heterocycles. The highest BCUT2D eigenvalue weighted by molar-refractivity contribution is 5.57. The van der Waals surface area contributed by atoms with E-state index in [9.17, 15) is 0 Å². The van der Waals surface area contributed by atoms with Gasteiger partial charge in [-0.05, 0) is 94.7 Å². The molecule has 0 saturated heterocycles. The van der Waals surface area contributed by atoms with Crippen molar-refractivity contribution in [1.82, 2.24) is 0 Å². The molecule has 0 amide bonds. The molecule has 6 nitrogen and oxygen atoms in total. The first-order valence-electron chi connectivity index (χ1n) is 15.8. The predicted octanol–water partition coefficient (Wildman–Crippen LogP) is 7.69. The smallest absolute Gasteiger partial charge is 0.131 e. The third kappa shape index (κ3) is 7.43. The molecule has 6 heteroatoms. The fraction of sp³-hybridized carbons (Fsp3) is 0.250. The summed E-state index contributed by atoms with van der Waals surface area (Å²) < 4.78 is 19.8. The highest BCUT2D eigenvalue weighted by Gasteiger charge is 2.29. The summed E-state index contributed by atoms with van der Waals surface area (Å²) >= 11 is 0. The van der Waals surface area contributed by atoms with E-state index < -0.39 is 16.6 Å². The van der Waals surface area contributed by atoms with Crippen molar-refractivity contribution in [3.05, 3.63) is 161 Å². The minimum Gasteiger partial charge on any atom is -0.457 e. The van der Waals surface area contributed by atoms with Gasteiger partial charge in [0, 0.05) is 39.2 Å². The second-order valence-corrected chi connectivity index (χ2v) is 13.3. The first kappa shape index (κ1) is 31.4. The van der Waals surface area contributed by atoms with Crippen molar-refractivity contribution in [3.8, 4) is 17.2 Å². The van der Waals surface area contributed by atoms with Crippen LogP contribution in [0.4, 0.5) is 0 Å². The maximum Gasteiger partial charge on any atom is 0.131 e. The van der Waals surface area contributed by atoms with Crippen LogP contribution in [0, 0.1) is 0 Å². The third-order valence-corrected chi connectivity index (χ3v) is 8.49. The molecule has 236 valence electrons. The van der Waals surface area contributed by atoms with Gasteiger partial charge in [-0.1, -0.05) is 72.8 Å². The Hall–Kier alpha value is -4.62. The van der Waals surface area contributed by atoms with E-state index in [0.29, 0.717) is 19.3 Å².